The molecule has 0 aliphatic rings. The Morgan fingerprint density at radius 1 is 1.00 bits per heavy atom. The maximum Gasteiger partial charge on any atom is 0.350 e. The highest BCUT2D eigenvalue weighted by atomic mass is 32.1. The molecule has 0 spiro atoms. The highest BCUT2D eigenvalue weighted by Gasteiger charge is 2.16. The fourth-order valence-electron chi connectivity index (χ4n) is 2.49. The topological polar surface area (TPSA) is 68.3 Å². The van der Waals surface area contributed by atoms with Crippen LogP contribution < -0.4 is 5.32 Å². The fraction of sp³-hybridized carbons (Fsp3) is 0.150. The van der Waals surface area contributed by atoms with Gasteiger partial charge in [0.1, 0.15) is 4.88 Å². The van der Waals surface area contributed by atoms with Gasteiger partial charge in [0.05, 0.1) is 10.7 Å². The number of nitrogens with one attached hydrogen (secondary N) is 1. The molecular formula is C20H18N2O3S. The van der Waals surface area contributed by atoms with Gasteiger partial charge in [0.15, 0.2) is 6.61 Å². The average molecular weight is 366 g/mol. The normalized spacial score (nSPS) is 10.4. The van der Waals surface area contributed by atoms with Crippen molar-refractivity contribution in [1.82, 2.24) is 4.98 Å². The molecule has 0 saturated heterocycles. The maximum atomic E-state index is 12.0. The number of carbonyl (C=O) groups excluding carboxylic acids is 2. The smallest absolute Gasteiger partial charge is 0.350 e. The molecule has 2 aromatic carbocycles. The zero-order chi connectivity index (χ0) is 18.5. The van der Waals surface area contributed by atoms with Crippen LogP contribution in [0, 0.1) is 13.8 Å². The number of ether oxygens (including phenoxy) is 1. The lowest BCUT2D eigenvalue weighted by Gasteiger charge is -2.07. The third kappa shape index (κ3) is 4.34. The number of anilines is 1. The molecule has 3 aromatic rings. The minimum atomic E-state index is -0.525. The number of aryl methyl sites for hydroxylation is 2. The summed E-state index contributed by atoms with van der Waals surface area (Å²) in [6, 6.07) is 17.5. The first-order valence-electron chi connectivity index (χ1n) is 8.09. The van der Waals surface area contributed by atoms with E-state index in [1.165, 1.54) is 11.3 Å². The fourth-order valence-corrected chi connectivity index (χ4v) is 3.30. The molecule has 0 unspecified atom stereocenters. The van der Waals surface area contributed by atoms with Gasteiger partial charge in [-0.2, -0.15) is 0 Å². The molecule has 0 bridgehead atoms. The van der Waals surface area contributed by atoms with Crippen LogP contribution in [0.25, 0.3) is 11.1 Å². The number of hydrogen-bond donors (Lipinski definition) is 1. The number of hydrogen-bond acceptors (Lipinski definition) is 5. The van der Waals surface area contributed by atoms with E-state index in [1.807, 2.05) is 61.5 Å². The van der Waals surface area contributed by atoms with Crippen LogP contribution in [-0.4, -0.2) is 23.5 Å². The maximum absolute atomic E-state index is 12.0. The minimum absolute atomic E-state index is 0.338. The van der Waals surface area contributed by atoms with Crippen LogP contribution in [0.5, 0.6) is 0 Å². The van der Waals surface area contributed by atoms with Crippen LogP contribution in [-0.2, 0) is 9.53 Å². The quantitative estimate of drug-likeness (QED) is 0.687. The lowest BCUT2D eigenvalue weighted by molar-refractivity contribution is -0.119. The molecular weight excluding hydrogens is 348 g/mol. The van der Waals surface area contributed by atoms with Crippen molar-refractivity contribution in [2.24, 2.45) is 0 Å². The van der Waals surface area contributed by atoms with Gasteiger partial charge in [-0.25, -0.2) is 9.78 Å². The largest absolute Gasteiger partial charge is 0.451 e. The second-order valence-corrected chi connectivity index (χ2v) is 6.92. The summed E-state index contributed by atoms with van der Waals surface area (Å²) in [6.45, 7) is 3.23. The Bertz CT molecular complexity index is 918. The number of esters is 1. The van der Waals surface area contributed by atoms with Gasteiger partial charge < -0.3 is 10.1 Å². The summed E-state index contributed by atoms with van der Waals surface area (Å²) in [5.41, 5.74) is 3.44. The number of carbonyl (C=O) groups is 2. The van der Waals surface area contributed by atoms with Crippen LogP contribution in [0.3, 0.4) is 0 Å². The Balaban J connectivity index is 1.55. The number of benzene rings is 2. The van der Waals surface area contributed by atoms with Crippen molar-refractivity contribution >= 4 is 28.9 Å². The number of rotatable bonds is 5. The molecule has 1 amide bonds. The molecule has 0 aliphatic heterocycles. The van der Waals surface area contributed by atoms with Gasteiger partial charge in [-0.1, -0.05) is 42.5 Å². The molecule has 1 heterocycles. The van der Waals surface area contributed by atoms with Crippen molar-refractivity contribution in [2.75, 3.05) is 11.9 Å². The van der Waals surface area contributed by atoms with Crippen molar-refractivity contribution in [1.29, 1.82) is 0 Å². The van der Waals surface area contributed by atoms with E-state index < -0.39 is 5.97 Å². The third-order valence-corrected chi connectivity index (χ3v) is 4.75. The number of aromatic nitrogens is 1. The first-order valence-corrected chi connectivity index (χ1v) is 8.91. The van der Waals surface area contributed by atoms with E-state index in [4.69, 9.17) is 4.74 Å². The second kappa shape index (κ2) is 7.93. The van der Waals surface area contributed by atoms with Crippen LogP contribution in [0.2, 0.25) is 0 Å². The van der Waals surface area contributed by atoms with Crippen LogP contribution in [0.4, 0.5) is 5.69 Å². The van der Waals surface area contributed by atoms with E-state index in [1.54, 1.807) is 6.92 Å². The summed E-state index contributed by atoms with van der Waals surface area (Å²) in [7, 11) is 0. The van der Waals surface area contributed by atoms with Crippen molar-refractivity contribution in [3.8, 4) is 11.1 Å². The Morgan fingerprint density at radius 3 is 2.27 bits per heavy atom. The van der Waals surface area contributed by atoms with Gasteiger partial charge in [0.2, 0.25) is 0 Å². The molecule has 3 rings (SSSR count). The lowest BCUT2D eigenvalue weighted by atomic mass is 10.1. The molecule has 1 aromatic heterocycles. The van der Waals surface area contributed by atoms with E-state index >= 15 is 0 Å². The standard InChI is InChI=1S/C20H18N2O3S/c1-13-19(26-14(2)21-13)20(24)25-12-18(23)22-17-10-8-16(9-11-17)15-6-4-3-5-7-15/h3-11H,12H2,1-2H3,(H,22,23). The monoisotopic (exact) mass is 366 g/mol. The molecule has 6 heteroatoms. The lowest BCUT2D eigenvalue weighted by Crippen LogP contribution is -2.20. The summed E-state index contributed by atoms with van der Waals surface area (Å²) in [5.74, 6) is -0.910. The van der Waals surface area contributed by atoms with Gasteiger partial charge in [-0.05, 0) is 37.1 Å². The Hall–Kier alpha value is -2.99. The molecule has 0 fully saturated rings. The minimum Gasteiger partial charge on any atom is -0.451 e. The summed E-state index contributed by atoms with van der Waals surface area (Å²) in [6.07, 6.45) is 0. The number of thiazole rings is 1. The predicted octanol–water partition coefficient (Wildman–Crippen LogP) is 4.22. The molecule has 0 atom stereocenters. The van der Waals surface area contributed by atoms with Gasteiger partial charge >= 0.3 is 5.97 Å². The highest BCUT2D eigenvalue weighted by Crippen LogP contribution is 2.21. The van der Waals surface area contributed by atoms with E-state index in [2.05, 4.69) is 10.3 Å². The van der Waals surface area contributed by atoms with E-state index in [-0.39, 0.29) is 12.5 Å². The van der Waals surface area contributed by atoms with Crippen molar-refractivity contribution < 1.29 is 14.3 Å². The second-order valence-electron chi connectivity index (χ2n) is 5.72. The average Bonchev–Trinajstić information content (AvgIpc) is 2.99. The van der Waals surface area contributed by atoms with Crippen molar-refractivity contribution in [3.63, 3.8) is 0 Å². The van der Waals surface area contributed by atoms with Gasteiger partial charge in [0, 0.05) is 5.69 Å². The zero-order valence-corrected chi connectivity index (χ0v) is 15.3. The zero-order valence-electron chi connectivity index (χ0n) is 14.5. The van der Waals surface area contributed by atoms with Crippen molar-refractivity contribution in [2.45, 2.75) is 13.8 Å². The van der Waals surface area contributed by atoms with Gasteiger partial charge in [-0.3, -0.25) is 4.79 Å². The summed E-state index contributed by atoms with van der Waals surface area (Å²) in [4.78, 5) is 28.6. The Labute approximate surface area is 155 Å². The number of amides is 1. The molecule has 0 saturated carbocycles. The summed E-state index contributed by atoms with van der Waals surface area (Å²) >= 11 is 1.26. The van der Waals surface area contributed by atoms with Crippen LogP contribution in [0.15, 0.2) is 54.6 Å². The van der Waals surface area contributed by atoms with Crippen LogP contribution in [0.1, 0.15) is 20.4 Å². The Morgan fingerprint density at radius 2 is 1.65 bits per heavy atom. The van der Waals surface area contributed by atoms with E-state index in [0.29, 0.717) is 16.3 Å². The summed E-state index contributed by atoms with van der Waals surface area (Å²) in [5, 5.41) is 3.51. The molecule has 0 aliphatic carbocycles. The van der Waals surface area contributed by atoms with E-state index in [9.17, 15) is 9.59 Å². The molecule has 26 heavy (non-hydrogen) atoms. The molecule has 5 nitrogen and oxygen atoms in total. The third-order valence-electron chi connectivity index (χ3n) is 3.70. The Kier molecular flexibility index (Phi) is 5.43. The predicted molar refractivity (Wildman–Crippen MR) is 102 cm³/mol. The molecule has 1 N–H and O–H groups in total. The first-order chi connectivity index (χ1) is 12.5. The van der Waals surface area contributed by atoms with Gasteiger partial charge in [0.25, 0.3) is 5.91 Å². The molecule has 0 radical (unpaired) electrons. The number of nitrogens with zero attached hydrogens (tertiary/aromatic N) is 1. The van der Waals surface area contributed by atoms with E-state index in [0.717, 1.165) is 16.1 Å². The highest BCUT2D eigenvalue weighted by molar-refractivity contribution is 7.13. The molecule has 132 valence electrons. The SMILES string of the molecule is Cc1nc(C)c(C(=O)OCC(=O)Nc2ccc(-c3ccccc3)cc2)s1. The van der Waals surface area contributed by atoms with Crippen LogP contribution >= 0.6 is 11.3 Å². The van der Waals surface area contributed by atoms with Crippen molar-refractivity contribution in [3.05, 3.63) is 70.2 Å². The first kappa shape index (κ1) is 17.8. The summed E-state index contributed by atoms with van der Waals surface area (Å²) < 4.78 is 5.07. The van der Waals surface area contributed by atoms with Gasteiger partial charge in [-0.15, -0.1) is 11.3 Å².